The van der Waals surface area contributed by atoms with Crippen LogP contribution in [-0.4, -0.2) is 11.1 Å². The van der Waals surface area contributed by atoms with E-state index in [9.17, 15) is 0 Å². The molecule has 504 valence electrons. The number of fused-ring (bicyclic) bond motifs is 12. The molecule has 2 saturated carbocycles. The molecular weight excluding hydrogens is 1280 g/mol. The summed E-state index contributed by atoms with van der Waals surface area (Å²) in [5.74, 6) is 0. The predicted molar refractivity (Wildman–Crippen MR) is 424 cm³/mol. The van der Waals surface area contributed by atoms with E-state index in [0.29, 0.717) is 0 Å². The van der Waals surface area contributed by atoms with Crippen molar-refractivity contribution in [2.75, 3.05) is 20.4 Å². The third-order valence-electron chi connectivity index (χ3n) is 22.9. The van der Waals surface area contributed by atoms with Gasteiger partial charge >= 0.3 is 0 Å². The SMILES string of the molecule is Brc1cccc2c1oc1ccccc12.Cc1cc(C(C)(C)C)cc(C)c1N.Cc1cc(Cl)cc(N2c3ccccc3C3(C)CCCCC23C)c1.Cc1cc(N(c2c(C)cc(C(C)(C)C)cc2C)c2cccc3c2oc2ccccc23)cc(N2c3ccccc3C3(C)CCCCC23C)c1. The smallest absolute Gasteiger partial charge is 0.159 e. The van der Waals surface area contributed by atoms with E-state index >= 15 is 0 Å². The number of rotatable bonds is 5. The number of hydrogen-bond donors (Lipinski definition) is 1. The molecule has 8 heteroatoms. The van der Waals surface area contributed by atoms with Gasteiger partial charge in [0, 0.05) is 71.5 Å². The molecule has 10 aromatic carbocycles. The van der Waals surface area contributed by atoms with Crippen LogP contribution in [-0.2, 0) is 21.7 Å². The lowest BCUT2D eigenvalue weighted by Crippen LogP contribution is -2.54. The summed E-state index contributed by atoms with van der Waals surface area (Å²) in [7, 11) is 0. The lowest BCUT2D eigenvalue weighted by atomic mass is 9.61. The van der Waals surface area contributed by atoms with E-state index in [2.05, 4.69) is 299 Å². The Morgan fingerprint density at radius 2 is 0.867 bits per heavy atom. The number of anilines is 8. The quantitative estimate of drug-likeness (QED) is 0.173. The van der Waals surface area contributed by atoms with Crippen molar-refractivity contribution in [2.45, 2.75) is 195 Å². The molecule has 0 saturated heterocycles. The largest absolute Gasteiger partial charge is 0.455 e. The first-order chi connectivity index (χ1) is 46.5. The molecule has 0 amide bonds. The van der Waals surface area contributed by atoms with Crippen molar-refractivity contribution in [3.63, 3.8) is 0 Å². The molecule has 4 atom stereocenters. The maximum absolute atomic E-state index is 6.72. The fourth-order valence-corrected chi connectivity index (χ4v) is 17.9. The number of aryl methyl sites for hydroxylation is 6. The number of halogens is 2. The summed E-state index contributed by atoms with van der Waals surface area (Å²) >= 11 is 9.87. The molecular formula is C90H98BrClN4O2. The Kier molecular flexibility index (Phi) is 18.0. The average molecular weight is 1380 g/mol. The number of furan rings is 2. The van der Waals surface area contributed by atoms with Crippen molar-refractivity contribution < 1.29 is 8.83 Å². The van der Waals surface area contributed by atoms with Gasteiger partial charge in [0.1, 0.15) is 16.7 Å². The van der Waals surface area contributed by atoms with Crippen LogP contribution in [0, 0.1) is 41.5 Å². The van der Waals surface area contributed by atoms with E-state index in [1.54, 1.807) is 0 Å². The van der Waals surface area contributed by atoms with Crippen molar-refractivity contribution in [3.05, 3.63) is 259 Å². The van der Waals surface area contributed by atoms with E-state index < -0.39 is 0 Å². The first-order valence-corrected chi connectivity index (χ1v) is 36.7. The van der Waals surface area contributed by atoms with Crippen molar-refractivity contribution in [3.8, 4) is 0 Å². The third-order valence-corrected chi connectivity index (χ3v) is 23.7. The average Bonchev–Trinajstić information content (AvgIpc) is 1.54. The maximum Gasteiger partial charge on any atom is 0.159 e. The highest BCUT2D eigenvalue weighted by molar-refractivity contribution is 9.10. The predicted octanol–water partition coefficient (Wildman–Crippen LogP) is 26.9. The number of nitrogens with zero attached hydrogens (tertiary/aromatic N) is 3. The van der Waals surface area contributed by atoms with Gasteiger partial charge in [0.15, 0.2) is 5.58 Å². The Hall–Kier alpha value is -8.23. The van der Waals surface area contributed by atoms with Crippen LogP contribution in [0.4, 0.5) is 45.5 Å². The maximum atomic E-state index is 6.72. The molecule has 2 fully saturated rings. The van der Waals surface area contributed by atoms with Crippen LogP contribution in [0.15, 0.2) is 207 Å². The summed E-state index contributed by atoms with van der Waals surface area (Å²) in [5.41, 5.74) is 32.9. The Bertz CT molecular complexity index is 4960. The van der Waals surface area contributed by atoms with Gasteiger partial charge in [0.25, 0.3) is 0 Å². The molecule has 0 spiro atoms. The molecule has 12 aromatic rings. The van der Waals surface area contributed by atoms with Gasteiger partial charge in [0.05, 0.1) is 26.9 Å². The summed E-state index contributed by atoms with van der Waals surface area (Å²) in [4.78, 5) is 7.74. The van der Waals surface area contributed by atoms with Crippen LogP contribution in [0.5, 0.6) is 0 Å². The molecule has 0 bridgehead atoms. The normalized spacial score (nSPS) is 20.2. The van der Waals surface area contributed by atoms with Gasteiger partial charge in [-0.2, -0.15) is 0 Å². The van der Waals surface area contributed by atoms with E-state index in [-0.39, 0.29) is 32.7 Å². The molecule has 2 aromatic heterocycles. The van der Waals surface area contributed by atoms with Crippen LogP contribution in [0.25, 0.3) is 43.9 Å². The van der Waals surface area contributed by atoms with E-state index in [4.69, 9.17) is 26.2 Å². The van der Waals surface area contributed by atoms with Gasteiger partial charge in [-0.3, -0.25) is 0 Å². The van der Waals surface area contributed by atoms with Crippen LogP contribution in [0.2, 0.25) is 5.02 Å². The van der Waals surface area contributed by atoms with E-state index in [0.717, 1.165) is 65.0 Å². The Morgan fingerprint density at radius 1 is 0.449 bits per heavy atom. The van der Waals surface area contributed by atoms with Crippen LogP contribution in [0.1, 0.15) is 176 Å². The van der Waals surface area contributed by atoms with Crippen molar-refractivity contribution in [1.29, 1.82) is 0 Å². The standard InChI is InChI=1S/C45H48N2O.C21H24ClN.C12H7BrO.C12H19N/c1-29-24-33(28-34(25-29)47-38-19-11-10-18-37(38)44(7)22-13-14-23-45(44,47)8)46(41-30(2)26-32(27-31(41)3)43(4,5)6)39-20-15-17-36-35-16-9-12-21-40(35)48-42(36)39;1-15-12-16(22)14-17(13-15)23-19-9-5-4-8-18(19)20(2)10-6-7-11-21(20,23)3;13-10-6-3-5-9-8-4-1-2-7-11(8)14-12(9)10;1-8-6-10(12(3,4)5)7-9(2)11(8)13/h9-12,15-21,24-28H,13-14,22-23H2,1-8H3;4-5,8-9,12-14H,6-7,10-11H2,1-3H3;1-7H;6-7H,13H2,1-5H3. The lowest BCUT2D eigenvalue weighted by Gasteiger charge is -2.50. The van der Waals surface area contributed by atoms with Crippen molar-refractivity contribution in [2.24, 2.45) is 0 Å². The molecule has 98 heavy (non-hydrogen) atoms. The minimum absolute atomic E-state index is 0.0101. The van der Waals surface area contributed by atoms with Crippen LogP contribution < -0.4 is 20.4 Å². The molecule has 0 radical (unpaired) electrons. The second-order valence-electron chi connectivity index (χ2n) is 31.6. The summed E-state index contributed by atoms with van der Waals surface area (Å²) < 4.78 is 13.5. The monoisotopic (exact) mass is 1380 g/mol. The first-order valence-electron chi connectivity index (χ1n) is 35.5. The van der Waals surface area contributed by atoms with Gasteiger partial charge in [-0.15, -0.1) is 0 Å². The minimum Gasteiger partial charge on any atom is -0.455 e. The van der Waals surface area contributed by atoms with E-state index in [1.807, 2.05) is 36.4 Å². The second kappa shape index (κ2) is 25.8. The van der Waals surface area contributed by atoms with E-state index in [1.165, 1.54) is 141 Å². The highest BCUT2D eigenvalue weighted by Crippen LogP contribution is 2.63. The second-order valence-corrected chi connectivity index (χ2v) is 32.9. The minimum atomic E-state index is -0.0101. The Labute approximate surface area is 596 Å². The highest BCUT2D eigenvalue weighted by Gasteiger charge is 2.59. The van der Waals surface area contributed by atoms with Crippen molar-refractivity contribution >= 4 is 117 Å². The third kappa shape index (κ3) is 11.9. The number of para-hydroxylation sites is 6. The summed E-state index contributed by atoms with van der Waals surface area (Å²) in [6.45, 7) is 36.5. The molecule has 6 nitrogen and oxygen atoms in total. The molecule has 2 aliphatic carbocycles. The first kappa shape index (κ1) is 68.3. The number of benzene rings is 10. The van der Waals surface area contributed by atoms with Gasteiger partial charge in [0.2, 0.25) is 0 Å². The van der Waals surface area contributed by atoms with Gasteiger partial charge in [-0.25, -0.2) is 0 Å². The summed E-state index contributed by atoms with van der Waals surface area (Å²) in [6.07, 6.45) is 10.0. The van der Waals surface area contributed by atoms with Crippen LogP contribution >= 0.6 is 27.5 Å². The molecule has 4 unspecified atom stereocenters. The zero-order valence-electron chi connectivity index (χ0n) is 60.6. The van der Waals surface area contributed by atoms with Gasteiger partial charge < -0.3 is 29.3 Å². The highest BCUT2D eigenvalue weighted by atomic mass is 79.9. The number of nitrogens with two attached hydrogens (primary N) is 1. The van der Waals surface area contributed by atoms with Gasteiger partial charge in [-0.05, 0) is 236 Å². The fourth-order valence-electron chi connectivity index (χ4n) is 17.2. The fraction of sp³-hybridized carbons (Fsp3) is 0.333. The zero-order valence-corrected chi connectivity index (χ0v) is 63.0. The zero-order chi connectivity index (χ0) is 69.6. The summed E-state index contributed by atoms with van der Waals surface area (Å²) in [5, 5.41) is 5.44. The molecule has 4 aliphatic rings. The van der Waals surface area contributed by atoms with Gasteiger partial charge in [-0.1, -0.05) is 214 Å². The molecule has 16 rings (SSSR count). The Balaban J connectivity index is 0.000000141. The van der Waals surface area contributed by atoms with Crippen LogP contribution in [0.3, 0.4) is 0 Å². The van der Waals surface area contributed by atoms with Crippen molar-refractivity contribution in [1.82, 2.24) is 0 Å². The summed E-state index contributed by atoms with van der Waals surface area (Å²) in [6, 6.07) is 70.1. The topological polar surface area (TPSA) is 62.0 Å². The molecule has 2 aliphatic heterocycles. The molecule has 4 heterocycles. The lowest BCUT2D eigenvalue weighted by molar-refractivity contribution is 0.195. The molecule has 2 N–H and O–H groups in total. The number of nitrogen functional groups attached to an aromatic ring is 1. The Morgan fingerprint density at radius 3 is 1.38 bits per heavy atom. The number of hydrogen-bond acceptors (Lipinski definition) is 6.